The third kappa shape index (κ3) is 7.56. The van der Waals surface area contributed by atoms with Crippen LogP contribution in [0.2, 0.25) is 0 Å². The Morgan fingerprint density at radius 2 is 2.18 bits per heavy atom. The Hall–Kier alpha value is -0.340. The minimum atomic E-state index is 0.171. The molecule has 0 saturated heterocycles. The zero-order chi connectivity index (χ0) is 8.53. The number of rotatable bonds is 6. The molecule has 0 aromatic carbocycles. The van der Waals surface area contributed by atoms with Crippen molar-refractivity contribution in [3.8, 4) is 0 Å². The van der Waals surface area contributed by atoms with Gasteiger partial charge in [0.05, 0.1) is 6.61 Å². The van der Waals surface area contributed by atoms with Crippen LogP contribution in [0.1, 0.15) is 26.7 Å². The molecule has 0 spiro atoms. The highest BCUT2D eigenvalue weighted by Gasteiger charge is 1.93. The molecule has 2 nitrogen and oxygen atoms in total. The highest BCUT2D eigenvalue weighted by molar-refractivity contribution is 4.79. The first kappa shape index (κ1) is 10.7. The molecule has 1 unspecified atom stereocenters. The van der Waals surface area contributed by atoms with Gasteiger partial charge in [-0.1, -0.05) is 19.1 Å². The van der Waals surface area contributed by atoms with Crippen LogP contribution in [0.25, 0.3) is 0 Å². The summed E-state index contributed by atoms with van der Waals surface area (Å²) in [5, 5.41) is 3.01. The normalized spacial score (nSPS) is 14.1. The molecule has 0 fully saturated rings. The van der Waals surface area contributed by atoms with Crippen LogP contribution in [0.15, 0.2) is 12.2 Å². The van der Waals surface area contributed by atoms with Crippen LogP contribution in [0, 0.1) is 0 Å². The Kier molecular flexibility index (Phi) is 7.52. The molecule has 0 aliphatic heterocycles. The van der Waals surface area contributed by atoms with Crippen LogP contribution >= 0.6 is 0 Å². The number of nitrogens with one attached hydrogen (secondary N) is 1. The molecule has 1 atom stereocenters. The van der Waals surface area contributed by atoms with Crippen molar-refractivity contribution in [2.75, 3.05) is 13.7 Å². The number of allylic oxidation sites excluding steroid dienone is 1. The predicted molar refractivity (Wildman–Crippen MR) is 48.5 cm³/mol. The van der Waals surface area contributed by atoms with Crippen molar-refractivity contribution in [3.63, 3.8) is 0 Å². The molecule has 66 valence electrons. The van der Waals surface area contributed by atoms with Gasteiger partial charge in [-0.3, -0.25) is 5.32 Å². The van der Waals surface area contributed by atoms with Gasteiger partial charge in [0.2, 0.25) is 0 Å². The number of hydrogen-bond acceptors (Lipinski definition) is 2. The highest BCUT2D eigenvalue weighted by Crippen LogP contribution is 1.90. The van der Waals surface area contributed by atoms with Gasteiger partial charge in [0.1, 0.15) is 6.23 Å². The number of ether oxygens (including phenoxy) is 1. The van der Waals surface area contributed by atoms with E-state index in [0.29, 0.717) is 0 Å². The van der Waals surface area contributed by atoms with E-state index in [1.165, 1.54) is 0 Å². The molecule has 0 rings (SSSR count). The van der Waals surface area contributed by atoms with E-state index in [4.69, 9.17) is 4.74 Å². The maximum absolute atomic E-state index is 5.38. The van der Waals surface area contributed by atoms with Gasteiger partial charge in [-0.2, -0.15) is 0 Å². The van der Waals surface area contributed by atoms with Crippen molar-refractivity contribution in [2.45, 2.75) is 32.9 Å². The largest absolute Gasteiger partial charge is 0.363 e. The van der Waals surface area contributed by atoms with E-state index in [0.717, 1.165) is 19.4 Å². The van der Waals surface area contributed by atoms with Crippen LogP contribution in [-0.2, 0) is 4.74 Å². The van der Waals surface area contributed by atoms with Crippen LogP contribution in [0.4, 0.5) is 0 Å². The molecular weight excluding hydrogens is 138 g/mol. The fraction of sp³-hybridized carbons (Fsp3) is 0.778. The molecule has 2 heteroatoms. The minimum absolute atomic E-state index is 0.171. The third-order valence-corrected chi connectivity index (χ3v) is 1.46. The molecule has 0 amide bonds. The van der Waals surface area contributed by atoms with Crippen molar-refractivity contribution < 1.29 is 4.74 Å². The lowest BCUT2D eigenvalue weighted by atomic mass is 10.3. The average Bonchev–Trinajstić information content (AvgIpc) is 2.04. The van der Waals surface area contributed by atoms with Crippen LogP contribution in [-0.4, -0.2) is 19.9 Å². The minimum Gasteiger partial charge on any atom is -0.363 e. The Bertz CT molecular complexity index is 102. The maximum Gasteiger partial charge on any atom is 0.105 e. The average molecular weight is 157 g/mol. The fourth-order valence-electron chi connectivity index (χ4n) is 0.681. The quantitative estimate of drug-likeness (QED) is 0.361. The lowest BCUT2D eigenvalue weighted by Crippen LogP contribution is -2.24. The van der Waals surface area contributed by atoms with Crippen LogP contribution in [0.5, 0.6) is 0 Å². The highest BCUT2D eigenvalue weighted by atomic mass is 16.5. The van der Waals surface area contributed by atoms with Crippen molar-refractivity contribution in [2.24, 2.45) is 0 Å². The van der Waals surface area contributed by atoms with E-state index >= 15 is 0 Å². The van der Waals surface area contributed by atoms with Gasteiger partial charge in [-0.15, -0.1) is 0 Å². The van der Waals surface area contributed by atoms with Gasteiger partial charge in [0.25, 0.3) is 0 Å². The summed E-state index contributed by atoms with van der Waals surface area (Å²) < 4.78 is 5.38. The Labute approximate surface area is 69.6 Å². The summed E-state index contributed by atoms with van der Waals surface area (Å²) in [4.78, 5) is 0. The maximum atomic E-state index is 5.38. The lowest BCUT2D eigenvalue weighted by molar-refractivity contribution is 0.0514. The smallest absolute Gasteiger partial charge is 0.105 e. The van der Waals surface area contributed by atoms with E-state index in [-0.39, 0.29) is 6.23 Å². The molecule has 0 aromatic heterocycles. The molecule has 0 aromatic rings. The van der Waals surface area contributed by atoms with E-state index in [1.807, 2.05) is 14.0 Å². The SMILES string of the molecule is CC/C=C\CCOC(C)NC. The Morgan fingerprint density at radius 3 is 2.73 bits per heavy atom. The van der Waals surface area contributed by atoms with E-state index in [9.17, 15) is 0 Å². The van der Waals surface area contributed by atoms with Gasteiger partial charge in [-0.05, 0) is 26.8 Å². The van der Waals surface area contributed by atoms with E-state index in [2.05, 4.69) is 24.4 Å². The van der Waals surface area contributed by atoms with Crippen molar-refractivity contribution >= 4 is 0 Å². The molecule has 1 N–H and O–H groups in total. The molecule has 0 bridgehead atoms. The summed E-state index contributed by atoms with van der Waals surface area (Å²) in [7, 11) is 1.90. The van der Waals surface area contributed by atoms with E-state index < -0.39 is 0 Å². The third-order valence-electron chi connectivity index (χ3n) is 1.46. The summed E-state index contributed by atoms with van der Waals surface area (Å²) in [6, 6.07) is 0. The molecule has 0 aliphatic carbocycles. The summed E-state index contributed by atoms with van der Waals surface area (Å²) in [6.45, 7) is 4.94. The van der Waals surface area contributed by atoms with Gasteiger partial charge >= 0.3 is 0 Å². The van der Waals surface area contributed by atoms with Crippen LogP contribution in [0.3, 0.4) is 0 Å². The second-order valence-corrected chi connectivity index (χ2v) is 2.47. The molecule has 0 radical (unpaired) electrons. The zero-order valence-corrected chi connectivity index (χ0v) is 7.76. The number of hydrogen-bond donors (Lipinski definition) is 1. The fourth-order valence-corrected chi connectivity index (χ4v) is 0.681. The van der Waals surface area contributed by atoms with Gasteiger partial charge in [0, 0.05) is 0 Å². The van der Waals surface area contributed by atoms with Crippen LogP contribution < -0.4 is 5.32 Å². The van der Waals surface area contributed by atoms with Crippen molar-refractivity contribution in [1.29, 1.82) is 0 Å². The molecular formula is C9H19NO. The van der Waals surface area contributed by atoms with Gasteiger partial charge in [-0.25, -0.2) is 0 Å². The topological polar surface area (TPSA) is 21.3 Å². The Balaban J connectivity index is 3.07. The first-order valence-corrected chi connectivity index (χ1v) is 4.25. The Morgan fingerprint density at radius 1 is 1.45 bits per heavy atom. The standard InChI is InChI=1S/C9H19NO/c1-4-5-6-7-8-11-9(2)10-3/h5-6,9-10H,4,7-8H2,1-3H3/b6-5-. The summed E-state index contributed by atoms with van der Waals surface area (Å²) >= 11 is 0. The molecule has 0 heterocycles. The first-order valence-electron chi connectivity index (χ1n) is 4.25. The first-order chi connectivity index (χ1) is 5.31. The lowest BCUT2D eigenvalue weighted by Gasteiger charge is -2.09. The molecule has 0 aliphatic rings. The molecule has 0 saturated carbocycles. The van der Waals surface area contributed by atoms with Gasteiger partial charge in [0.15, 0.2) is 0 Å². The molecule has 11 heavy (non-hydrogen) atoms. The van der Waals surface area contributed by atoms with E-state index in [1.54, 1.807) is 0 Å². The second kappa shape index (κ2) is 7.76. The summed E-state index contributed by atoms with van der Waals surface area (Å²) in [6.07, 6.45) is 6.61. The monoisotopic (exact) mass is 157 g/mol. The second-order valence-electron chi connectivity index (χ2n) is 2.47. The summed E-state index contributed by atoms with van der Waals surface area (Å²) in [5.74, 6) is 0. The van der Waals surface area contributed by atoms with Crippen molar-refractivity contribution in [3.05, 3.63) is 12.2 Å². The summed E-state index contributed by atoms with van der Waals surface area (Å²) in [5.41, 5.74) is 0. The van der Waals surface area contributed by atoms with Gasteiger partial charge < -0.3 is 4.74 Å². The predicted octanol–water partition coefficient (Wildman–Crippen LogP) is 1.92. The zero-order valence-electron chi connectivity index (χ0n) is 7.76. The van der Waals surface area contributed by atoms with Crippen molar-refractivity contribution in [1.82, 2.24) is 5.32 Å².